The molecule has 0 saturated carbocycles. The molecule has 20 heavy (non-hydrogen) atoms. The highest BCUT2D eigenvalue weighted by molar-refractivity contribution is 9.10. The lowest BCUT2D eigenvalue weighted by atomic mass is 10.0. The van der Waals surface area contributed by atoms with Crippen LogP contribution in [0.25, 0.3) is 0 Å². The van der Waals surface area contributed by atoms with E-state index in [2.05, 4.69) is 59.4 Å². The lowest BCUT2D eigenvalue weighted by molar-refractivity contribution is 0.433. The van der Waals surface area contributed by atoms with E-state index in [1.54, 1.807) is 6.07 Å². The van der Waals surface area contributed by atoms with E-state index in [-0.39, 0.29) is 6.04 Å². The first kappa shape index (κ1) is 15.1. The molecule has 0 aliphatic carbocycles. The minimum absolute atomic E-state index is 0.127. The second kappa shape index (κ2) is 6.91. The van der Waals surface area contributed by atoms with Gasteiger partial charge >= 0.3 is 0 Å². The Balaban J connectivity index is 1.96. The highest BCUT2D eigenvalue weighted by Gasteiger charge is 2.12. The van der Waals surface area contributed by atoms with E-state index in [1.807, 2.05) is 18.2 Å². The van der Waals surface area contributed by atoms with Crippen LogP contribution in [0.1, 0.15) is 31.0 Å². The molecule has 2 N–H and O–H groups in total. The molecule has 0 fully saturated rings. The summed E-state index contributed by atoms with van der Waals surface area (Å²) < 4.78 is 1.10. The van der Waals surface area contributed by atoms with Gasteiger partial charge in [-0.3, -0.25) is 0 Å². The molecule has 0 aromatic heterocycles. The van der Waals surface area contributed by atoms with Crippen molar-refractivity contribution in [3.05, 3.63) is 64.1 Å². The highest BCUT2D eigenvalue weighted by atomic mass is 79.9. The molecule has 0 bridgehead atoms. The minimum Gasteiger partial charge on any atom is -0.508 e. The highest BCUT2D eigenvalue weighted by Crippen LogP contribution is 2.23. The molecular weight excluding hydrogens is 314 g/mol. The molecule has 0 aliphatic rings. The van der Waals surface area contributed by atoms with Gasteiger partial charge in [-0.2, -0.15) is 0 Å². The number of phenols is 1. The molecule has 106 valence electrons. The van der Waals surface area contributed by atoms with Crippen molar-refractivity contribution in [1.82, 2.24) is 5.32 Å². The molecule has 2 nitrogen and oxygen atoms in total. The Morgan fingerprint density at radius 3 is 2.35 bits per heavy atom. The quantitative estimate of drug-likeness (QED) is 0.847. The van der Waals surface area contributed by atoms with Crippen LogP contribution in [0.15, 0.2) is 53.0 Å². The van der Waals surface area contributed by atoms with Crippen molar-refractivity contribution in [3.8, 4) is 5.75 Å². The zero-order valence-corrected chi connectivity index (χ0v) is 13.4. The molecule has 0 saturated heterocycles. The van der Waals surface area contributed by atoms with Gasteiger partial charge in [0.2, 0.25) is 0 Å². The van der Waals surface area contributed by atoms with Gasteiger partial charge in [0, 0.05) is 22.1 Å². The third-order valence-corrected chi connectivity index (χ3v) is 3.92. The van der Waals surface area contributed by atoms with E-state index in [1.165, 1.54) is 5.56 Å². The zero-order valence-electron chi connectivity index (χ0n) is 11.8. The summed E-state index contributed by atoms with van der Waals surface area (Å²) in [4.78, 5) is 0. The van der Waals surface area contributed by atoms with Gasteiger partial charge in [-0.05, 0) is 44.0 Å². The number of phenolic OH excluding ortho intramolecular Hbond substituents is 1. The van der Waals surface area contributed by atoms with Crippen LogP contribution in [0.2, 0.25) is 0 Å². The number of hydrogen-bond acceptors (Lipinski definition) is 2. The second-order valence-corrected chi connectivity index (χ2v) is 6.09. The molecule has 0 aliphatic heterocycles. The maximum absolute atomic E-state index is 9.87. The van der Waals surface area contributed by atoms with Crippen molar-refractivity contribution in [3.63, 3.8) is 0 Å². The van der Waals surface area contributed by atoms with Crippen molar-refractivity contribution in [1.29, 1.82) is 0 Å². The molecule has 3 heteroatoms. The van der Waals surface area contributed by atoms with Gasteiger partial charge in [0.15, 0.2) is 0 Å². The van der Waals surface area contributed by atoms with Crippen LogP contribution in [-0.4, -0.2) is 11.1 Å². The average molecular weight is 334 g/mol. The van der Waals surface area contributed by atoms with Crippen LogP contribution in [0, 0.1) is 0 Å². The van der Waals surface area contributed by atoms with E-state index in [9.17, 15) is 5.11 Å². The fraction of sp³-hybridized carbons (Fsp3) is 0.294. The smallest absolute Gasteiger partial charge is 0.120 e. The number of rotatable bonds is 5. The van der Waals surface area contributed by atoms with Crippen LogP contribution in [-0.2, 0) is 6.42 Å². The molecule has 2 aromatic rings. The van der Waals surface area contributed by atoms with Gasteiger partial charge in [0.1, 0.15) is 5.75 Å². The lowest BCUT2D eigenvalue weighted by Gasteiger charge is -2.21. The molecule has 2 aromatic carbocycles. The predicted octanol–water partition coefficient (Wildman–Crippen LogP) is 4.44. The van der Waals surface area contributed by atoms with Gasteiger partial charge in [0.25, 0.3) is 0 Å². The predicted molar refractivity (Wildman–Crippen MR) is 87.0 cm³/mol. The average Bonchev–Trinajstić information content (AvgIpc) is 2.41. The number of nitrogens with one attached hydrogen (secondary N) is 1. The van der Waals surface area contributed by atoms with Gasteiger partial charge in [-0.1, -0.05) is 46.3 Å². The first-order valence-electron chi connectivity index (χ1n) is 6.84. The van der Waals surface area contributed by atoms with Gasteiger partial charge in [-0.15, -0.1) is 0 Å². The number of benzene rings is 2. The summed E-state index contributed by atoms with van der Waals surface area (Å²) in [5.74, 6) is 0.350. The van der Waals surface area contributed by atoms with Crippen LogP contribution in [0.5, 0.6) is 5.75 Å². The SMILES string of the molecule is CC(Cc1ccc(Br)cc1)NC(C)c1ccccc1O. The van der Waals surface area contributed by atoms with Crippen molar-refractivity contribution in [2.75, 3.05) is 0 Å². The molecule has 0 amide bonds. The van der Waals surface area contributed by atoms with E-state index < -0.39 is 0 Å². The number of hydrogen-bond donors (Lipinski definition) is 2. The standard InChI is InChI=1S/C17H20BrNO/c1-12(11-14-7-9-15(18)10-8-14)19-13(2)16-5-3-4-6-17(16)20/h3-10,12-13,19-20H,11H2,1-2H3. The van der Waals surface area contributed by atoms with E-state index in [0.717, 1.165) is 16.5 Å². The van der Waals surface area contributed by atoms with E-state index in [4.69, 9.17) is 0 Å². The van der Waals surface area contributed by atoms with Crippen molar-refractivity contribution in [2.45, 2.75) is 32.4 Å². The number of aromatic hydroxyl groups is 1. The molecule has 0 heterocycles. The largest absolute Gasteiger partial charge is 0.508 e. The topological polar surface area (TPSA) is 32.3 Å². The summed E-state index contributed by atoms with van der Waals surface area (Å²) in [6.07, 6.45) is 0.964. The van der Waals surface area contributed by atoms with Crippen molar-refractivity contribution >= 4 is 15.9 Å². The minimum atomic E-state index is 0.127. The molecule has 2 atom stereocenters. The third-order valence-electron chi connectivity index (χ3n) is 3.39. The summed E-state index contributed by atoms with van der Waals surface area (Å²) in [6.45, 7) is 4.24. The van der Waals surface area contributed by atoms with E-state index >= 15 is 0 Å². The first-order chi connectivity index (χ1) is 9.56. The Bertz CT molecular complexity index is 553. The molecule has 2 unspecified atom stereocenters. The fourth-order valence-corrected chi connectivity index (χ4v) is 2.67. The summed E-state index contributed by atoms with van der Waals surface area (Å²) in [5.41, 5.74) is 2.24. The summed E-state index contributed by atoms with van der Waals surface area (Å²) in [5, 5.41) is 13.4. The van der Waals surface area contributed by atoms with Gasteiger partial charge < -0.3 is 10.4 Å². The summed E-state index contributed by atoms with van der Waals surface area (Å²) in [7, 11) is 0. The van der Waals surface area contributed by atoms with E-state index in [0.29, 0.717) is 11.8 Å². The van der Waals surface area contributed by atoms with Crippen LogP contribution in [0.3, 0.4) is 0 Å². The summed E-state index contributed by atoms with van der Waals surface area (Å²) in [6, 6.07) is 16.3. The molecule has 0 radical (unpaired) electrons. The van der Waals surface area contributed by atoms with Gasteiger partial charge in [0.05, 0.1) is 0 Å². The van der Waals surface area contributed by atoms with Crippen molar-refractivity contribution in [2.24, 2.45) is 0 Å². The third kappa shape index (κ3) is 4.09. The van der Waals surface area contributed by atoms with Crippen LogP contribution < -0.4 is 5.32 Å². The monoisotopic (exact) mass is 333 g/mol. The first-order valence-corrected chi connectivity index (χ1v) is 7.64. The Kier molecular flexibility index (Phi) is 5.21. The second-order valence-electron chi connectivity index (χ2n) is 5.18. The zero-order chi connectivity index (χ0) is 14.5. The Labute approximate surface area is 129 Å². The number of para-hydroxylation sites is 1. The lowest BCUT2D eigenvalue weighted by Crippen LogP contribution is -2.30. The Hall–Kier alpha value is -1.32. The molecular formula is C17H20BrNO. The maximum Gasteiger partial charge on any atom is 0.120 e. The van der Waals surface area contributed by atoms with Crippen LogP contribution in [0.4, 0.5) is 0 Å². The maximum atomic E-state index is 9.87. The Morgan fingerprint density at radius 1 is 1.05 bits per heavy atom. The summed E-state index contributed by atoms with van der Waals surface area (Å²) >= 11 is 3.45. The van der Waals surface area contributed by atoms with Crippen molar-refractivity contribution < 1.29 is 5.11 Å². The Morgan fingerprint density at radius 2 is 1.70 bits per heavy atom. The molecule has 0 spiro atoms. The van der Waals surface area contributed by atoms with Crippen LogP contribution >= 0.6 is 15.9 Å². The normalized spacial score (nSPS) is 13.9. The molecule has 2 rings (SSSR count). The number of halogens is 1. The van der Waals surface area contributed by atoms with Gasteiger partial charge in [-0.25, -0.2) is 0 Å². The fourth-order valence-electron chi connectivity index (χ4n) is 2.40.